The molecule has 6 nitrogen and oxygen atoms in total. The number of nitrogens with zero attached hydrogens (tertiary/aromatic N) is 4. The third-order valence-corrected chi connectivity index (χ3v) is 3.46. The zero-order chi connectivity index (χ0) is 16.1. The molecule has 2 aromatic rings. The van der Waals surface area contributed by atoms with Crippen molar-refractivity contribution in [2.75, 3.05) is 26.0 Å². The van der Waals surface area contributed by atoms with Crippen molar-refractivity contribution in [1.29, 1.82) is 0 Å². The number of aliphatic imine (C=N–C) groups is 1. The summed E-state index contributed by atoms with van der Waals surface area (Å²) in [5, 5.41) is 7.34. The van der Waals surface area contributed by atoms with Gasteiger partial charge in [0, 0.05) is 24.5 Å². The zero-order valence-corrected chi connectivity index (χ0v) is 16.4. The van der Waals surface area contributed by atoms with Crippen LogP contribution in [0.25, 0.3) is 0 Å². The van der Waals surface area contributed by atoms with E-state index in [4.69, 9.17) is 5.73 Å². The molecule has 0 fully saturated rings. The Kier molecular flexibility index (Phi) is 7.50. The highest BCUT2D eigenvalue weighted by Gasteiger charge is 2.15. The first-order chi connectivity index (χ1) is 10.5. The molecule has 1 aromatic carbocycles. The molecule has 0 aliphatic heterocycles. The first-order valence-corrected chi connectivity index (χ1v) is 7.24. The predicted molar refractivity (Wildman–Crippen MR) is 106 cm³/mol. The van der Waals surface area contributed by atoms with Gasteiger partial charge in [-0.15, -0.1) is 24.0 Å². The van der Waals surface area contributed by atoms with E-state index in [1.165, 1.54) is 5.56 Å². The molecule has 1 aromatic heterocycles. The molecule has 0 saturated heterocycles. The van der Waals surface area contributed by atoms with Gasteiger partial charge in [-0.1, -0.05) is 12.1 Å². The van der Waals surface area contributed by atoms with Gasteiger partial charge in [0.15, 0.2) is 5.96 Å². The summed E-state index contributed by atoms with van der Waals surface area (Å²) in [7, 11) is 5.96. The Balaban J connectivity index is 0.00000264. The van der Waals surface area contributed by atoms with Crippen LogP contribution in [0.1, 0.15) is 17.2 Å². The van der Waals surface area contributed by atoms with E-state index in [0.717, 1.165) is 11.3 Å². The molecule has 0 aliphatic carbocycles. The van der Waals surface area contributed by atoms with Gasteiger partial charge in [0.25, 0.3) is 0 Å². The van der Waals surface area contributed by atoms with E-state index in [1.807, 2.05) is 64.7 Å². The number of hydrogen-bond acceptors (Lipinski definition) is 3. The van der Waals surface area contributed by atoms with Crippen molar-refractivity contribution in [3.05, 3.63) is 47.8 Å². The van der Waals surface area contributed by atoms with E-state index in [1.54, 1.807) is 4.68 Å². The molecule has 0 aliphatic rings. The number of likely N-dealkylation sites (N-methyl/N-ethyl adjacent to an activating group) is 1. The lowest BCUT2D eigenvalue weighted by Crippen LogP contribution is -2.27. The summed E-state index contributed by atoms with van der Waals surface area (Å²) >= 11 is 0. The van der Waals surface area contributed by atoms with E-state index in [9.17, 15) is 0 Å². The van der Waals surface area contributed by atoms with Gasteiger partial charge in [0.2, 0.25) is 0 Å². The van der Waals surface area contributed by atoms with Crippen LogP contribution in [0.5, 0.6) is 0 Å². The first kappa shape index (κ1) is 19.4. The van der Waals surface area contributed by atoms with Crippen molar-refractivity contribution >= 4 is 35.6 Å². The van der Waals surface area contributed by atoms with Crippen LogP contribution in [-0.4, -0.2) is 41.3 Å². The number of halogens is 1. The van der Waals surface area contributed by atoms with Crippen molar-refractivity contribution in [1.82, 2.24) is 14.7 Å². The molecule has 0 bridgehead atoms. The molecule has 7 heteroatoms. The number of aromatic nitrogens is 2. The zero-order valence-electron chi connectivity index (χ0n) is 14.0. The molecule has 0 radical (unpaired) electrons. The number of anilines is 1. The standard InChI is InChI=1S/C16H24N6.HI/c1-12-6-5-7-14(8-12)20-16(17)18-10-15(21(2)3)13-9-19-22(4)11-13;/h5-9,11,15H,10H2,1-4H3,(H3,17,18,20);1H. The monoisotopic (exact) mass is 428 g/mol. The minimum absolute atomic E-state index is 0. The summed E-state index contributed by atoms with van der Waals surface area (Å²) in [6, 6.07) is 8.19. The Morgan fingerprint density at radius 1 is 1.43 bits per heavy atom. The lowest BCUT2D eigenvalue weighted by atomic mass is 10.1. The molecule has 0 amide bonds. The van der Waals surface area contributed by atoms with Crippen LogP contribution >= 0.6 is 24.0 Å². The number of hydrogen-bond donors (Lipinski definition) is 2. The van der Waals surface area contributed by atoms with Crippen LogP contribution in [-0.2, 0) is 7.05 Å². The van der Waals surface area contributed by atoms with E-state index in [2.05, 4.69) is 20.3 Å². The summed E-state index contributed by atoms with van der Waals surface area (Å²) in [5.41, 5.74) is 9.24. The normalized spacial score (nSPS) is 12.8. The Morgan fingerprint density at radius 3 is 2.74 bits per heavy atom. The first-order valence-electron chi connectivity index (χ1n) is 7.24. The minimum Gasteiger partial charge on any atom is -0.370 e. The van der Waals surface area contributed by atoms with Crippen molar-refractivity contribution in [2.24, 2.45) is 17.8 Å². The van der Waals surface area contributed by atoms with Gasteiger partial charge in [0.1, 0.15) is 0 Å². The Labute approximate surface area is 154 Å². The van der Waals surface area contributed by atoms with Crippen LogP contribution in [0.3, 0.4) is 0 Å². The largest absolute Gasteiger partial charge is 0.370 e. The van der Waals surface area contributed by atoms with Crippen LogP contribution in [0, 0.1) is 6.92 Å². The number of guanidine groups is 1. The van der Waals surface area contributed by atoms with Gasteiger partial charge in [-0.2, -0.15) is 5.10 Å². The third kappa shape index (κ3) is 5.83. The van der Waals surface area contributed by atoms with Gasteiger partial charge in [-0.25, -0.2) is 0 Å². The maximum Gasteiger partial charge on any atom is 0.193 e. The van der Waals surface area contributed by atoms with Crippen LogP contribution < -0.4 is 11.1 Å². The van der Waals surface area contributed by atoms with E-state index in [0.29, 0.717) is 12.5 Å². The van der Waals surface area contributed by atoms with Crippen molar-refractivity contribution in [3.63, 3.8) is 0 Å². The average Bonchev–Trinajstić information content (AvgIpc) is 2.85. The molecular weight excluding hydrogens is 403 g/mol. The third-order valence-electron chi connectivity index (χ3n) is 3.46. The highest BCUT2D eigenvalue weighted by atomic mass is 127. The predicted octanol–water partition coefficient (Wildman–Crippen LogP) is 2.38. The molecule has 1 heterocycles. The summed E-state index contributed by atoms with van der Waals surface area (Å²) in [5.74, 6) is 0.418. The SMILES string of the molecule is Cc1cccc(NC(N)=NCC(c2cnn(C)c2)N(C)C)c1.I. The maximum absolute atomic E-state index is 5.99. The van der Waals surface area contributed by atoms with Gasteiger partial charge < -0.3 is 16.0 Å². The Hall–Kier alpha value is -1.61. The molecule has 23 heavy (non-hydrogen) atoms. The molecule has 1 atom stereocenters. The van der Waals surface area contributed by atoms with E-state index >= 15 is 0 Å². The Bertz CT molecular complexity index is 650. The molecule has 0 saturated carbocycles. The van der Waals surface area contributed by atoms with Crippen LogP contribution in [0.15, 0.2) is 41.7 Å². The van der Waals surface area contributed by atoms with Crippen LogP contribution in [0.2, 0.25) is 0 Å². The number of nitrogens with two attached hydrogens (primary N) is 1. The summed E-state index contributed by atoms with van der Waals surface area (Å²) in [4.78, 5) is 6.57. The lowest BCUT2D eigenvalue weighted by molar-refractivity contribution is 0.306. The molecular formula is C16H25IN6. The topological polar surface area (TPSA) is 71.5 Å². The summed E-state index contributed by atoms with van der Waals surface area (Å²) < 4.78 is 1.80. The van der Waals surface area contributed by atoms with Crippen LogP contribution in [0.4, 0.5) is 5.69 Å². The quantitative estimate of drug-likeness (QED) is 0.436. The second kappa shape index (κ2) is 8.88. The fourth-order valence-electron chi connectivity index (χ4n) is 2.27. The fraction of sp³-hybridized carbons (Fsp3) is 0.375. The second-order valence-electron chi connectivity index (χ2n) is 5.65. The number of nitrogens with one attached hydrogen (secondary N) is 1. The second-order valence-corrected chi connectivity index (χ2v) is 5.65. The van der Waals surface area contributed by atoms with Gasteiger partial charge >= 0.3 is 0 Å². The van der Waals surface area contributed by atoms with Crippen molar-refractivity contribution in [2.45, 2.75) is 13.0 Å². The average molecular weight is 428 g/mol. The van der Waals surface area contributed by atoms with Gasteiger partial charge in [-0.3, -0.25) is 9.67 Å². The number of benzene rings is 1. The molecule has 2 rings (SSSR count). The Morgan fingerprint density at radius 2 is 2.17 bits per heavy atom. The van der Waals surface area contributed by atoms with Gasteiger partial charge in [-0.05, 0) is 38.7 Å². The highest BCUT2D eigenvalue weighted by Crippen LogP contribution is 2.17. The summed E-state index contributed by atoms with van der Waals surface area (Å²) in [6.07, 6.45) is 3.87. The number of aryl methyl sites for hydroxylation is 2. The minimum atomic E-state index is 0. The highest BCUT2D eigenvalue weighted by molar-refractivity contribution is 14.0. The van der Waals surface area contributed by atoms with Gasteiger partial charge in [0.05, 0.1) is 18.8 Å². The fourth-order valence-corrected chi connectivity index (χ4v) is 2.27. The van der Waals surface area contributed by atoms with Crippen molar-refractivity contribution in [3.8, 4) is 0 Å². The maximum atomic E-state index is 5.99. The smallest absolute Gasteiger partial charge is 0.193 e. The van der Waals surface area contributed by atoms with E-state index in [-0.39, 0.29) is 30.0 Å². The molecule has 0 spiro atoms. The molecule has 126 valence electrons. The van der Waals surface area contributed by atoms with Crippen molar-refractivity contribution < 1.29 is 0 Å². The number of rotatable bonds is 5. The molecule has 1 unspecified atom stereocenters. The summed E-state index contributed by atoms with van der Waals surface area (Å²) in [6.45, 7) is 2.62. The molecule has 3 N–H and O–H groups in total. The lowest BCUT2D eigenvalue weighted by Gasteiger charge is -2.21. The van der Waals surface area contributed by atoms with E-state index < -0.39 is 0 Å².